The van der Waals surface area contributed by atoms with Crippen LogP contribution in [0.2, 0.25) is 0 Å². The molecule has 0 radical (unpaired) electrons. The number of ketones is 1. The number of nitrogens with zero attached hydrogens (tertiary/aromatic N) is 2. The highest BCUT2D eigenvalue weighted by Crippen LogP contribution is 2.17. The summed E-state index contributed by atoms with van der Waals surface area (Å²) in [7, 11) is 0. The first-order valence-corrected chi connectivity index (χ1v) is 5.74. The Labute approximate surface area is 105 Å². The van der Waals surface area contributed by atoms with Crippen molar-refractivity contribution in [1.29, 1.82) is 0 Å². The lowest BCUT2D eigenvalue weighted by molar-refractivity contribution is 0.104. The first-order valence-electron chi connectivity index (χ1n) is 5.74. The van der Waals surface area contributed by atoms with Crippen LogP contribution in [0.25, 0.3) is 6.08 Å². The standard InChI is InChI=1S/C14H14N2O2/c1-2-16-11(9-10-15-16)7-8-14(18)12-5-3-4-6-13(12)17/h3-10,17H,2H2,1H3/b8-7+. The number of hydrogen-bond acceptors (Lipinski definition) is 3. The van der Waals surface area contributed by atoms with E-state index >= 15 is 0 Å². The molecule has 0 saturated heterocycles. The molecule has 0 aliphatic heterocycles. The molecular weight excluding hydrogens is 228 g/mol. The maximum atomic E-state index is 11.9. The SMILES string of the molecule is CCn1nccc1/C=C/C(=O)c1ccccc1O. The summed E-state index contributed by atoms with van der Waals surface area (Å²) >= 11 is 0. The summed E-state index contributed by atoms with van der Waals surface area (Å²) in [5.74, 6) is -0.229. The van der Waals surface area contributed by atoms with Crippen LogP contribution in [0.5, 0.6) is 5.75 Å². The number of aromatic hydroxyl groups is 1. The van der Waals surface area contributed by atoms with Crippen molar-refractivity contribution in [3.8, 4) is 5.75 Å². The molecule has 0 spiro atoms. The Balaban J connectivity index is 2.20. The molecule has 92 valence electrons. The molecular formula is C14H14N2O2. The average Bonchev–Trinajstić information content (AvgIpc) is 2.84. The van der Waals surface area contributed by atoms with Crippen LogP contribution in [-0.2, 0) is 6.54 Å². The number of hydrogen-bond donors (Lipinski definition) is 1. The van der Waals surface area contributed by atoms with Crippen molar-refractivity contribution < 1.29 is 9.90 Å². The van der Waals surface area contributed by atoms with Crippen molar-refractivity contribution in [3.63, 3.8) is 0 Å². The minimum Gasteiger partial charge on any atom is -0.507 e. The van der Waals surface area contributed by atoms with Gasteiger partial charge < -0.3 is 5.11 Å². The quantitative estimate of drug-likeness (QED) is 0.662. The van der Waals surface area contributed by atoms with Gasteiger partial charge in [0, 0.05) is 12.7 Å². The number of phenolic OH excluding ortho intramolecular Hbond substituents is 1. The van der Waals surface area contributed by atoms with Gasteiger partial charge in [-0.05, 0) is 37.3 Å². The van der Waals surface area contributed by atoms with Gasteiger partial charge in [0.2, 0.25) is 0 Å². The maximum Gasteiger partial charge on any atom is 0.189 e. The Morgan fingerprint density at radius 2 is 2.17 bits per heavy atom. The largest absolute Gasteiger partial charge is 0.507 e. The molecule has 0 aliphatic rings. The third kappa shape index (κ3) is 2.48. The second-order valence-corrected chi connectivity index (χ2v) is 3.79. The van der Waals surface area contributed by atoms with E-state index in [-0.39, 0.29) is 11.5 Å². The molecule has 2 aromatic rings. The Hall–Kier alpha value is -2.36. The lowest BCUT2D eigenvalue weighted by atomic mass is 10.1. The average molecular weight is 242 g/mol. The highest BCUT2D eigenvalue weighted by molar-refractivity contribution is 6.08. The summed E-state index contributed by atoms with van der Waals surface area (Å²) in [6.45, 7) is 2.73. The molecule has 0 fully saturated rings. The zero-order chi connectivity index (χ0) is 13.0. The number of allylic oxidation sites excluding steroid dienone is 1. The van der Waals surface area contributed by atoms with Gasteiger partial charge in [-0.3, -0.25) is 9.48 Å². The molecule has 0 unspecified atom stereocenters. The van der Waals surface area contributed by atoms with Crippen molar-refractivity contribution in [1.82, 2.24) is 9.78 Å². The van der Waals surface area contributed by atoms with Gasteiger partial charge in [-0.2, -0.15) is 5.10 Å². The predicted octanol–water partition coefficient (Wildman–Crippen LogP) is 2.50. The third-order valence-corrected chi connectivity index (χ3v) is 2.62. The van der Waals surface area contributed by atoms with E-state index in [9.17, 15) is 9.90 Å². The molecule has 0 atom stereocenters. The van der Waals surface area contributed by atoms with E-state index in [1.54, 1.807) is 35.2 Å². The molecule has 0 bridgehead atoms. The van der Waals surface area contributed by atoms with E-state index in [0.29, 0.717) is 5.56 Å². The fourth-order valence-corrected chi connectivity index (χ4v) is 1.68. The van der Waals surface area contributed by atoms with Crippen LogP contribution in [0.15, 0.2) is 42.6 Å². The number of rotatable bonds is 4. The van der Waals surface area contributed by atoms with Crippen LogP contribution < -0.4 is 0 Å². The van der Waals surface area contributed by atoms with Gasteiger partial charge in [0.25, 0.3) is 0 Å². The van der Waals surface area contributed by atoms with E-state index in [2.05, 4.69) is 5.10 Å². The van der Waals surface area contributed by atoms with Crippen LogP contribution in [0, 0.1) is 0 Å². The van der Waals surface area contributed by atoms with Crippen LogP contribution in [0.4, 0.5) is 0 Å². The fourth-order valence-electron chi connectivity index (χ4n) is 1.68. The molecule has 4 heteroatoms. The van der Waals surface area contributed by atoms with Crippen molar-refractivity contribution in [2.75, 3.05) is 0 Å². The molecule has 1 aromatic heterocycles. The summed E-state index contributed by atoms with van der Waals surface area (Å²) in [6, 6.07) is 8.33. The fraction of sp³-hybridized carbons (Fsp3) is 0.143. The van der Waals surface area contributed by atoms with Gasteiger partial charge in [0.1, 0.15) is 5.75 Å². The summed E-state index contributed by atoms with van der Waals surface area (Å²) < 4.78 is 1.79. The topological polar surface area (TPSA) is 55.1 Å². The van der Waals surface area contributed by atoms with Gasteiger partial charge >= 0.3 is 0 Å². The van der Waals surface area contributed by atoms with E-state index in [1.807, 2.05) is 13.0 Å². The summed E-state index contributed by atoms with van der Waals surface area (Å²) in [6.07, 6.45) is 4.83. The van der Waals surface area contributed by atoms with E-state index in [4.69, 9.17) is 0 Å². The molecule has 2 rings (SSSR count). The number of phenols is 1. The van der Waals surface area contributed by atoms with Crippen molar-refractivity contribution in [2.24, 2.45) is 0 Å². The predicted molar refractivity (Wildman–Crippen MR) is 69.4 cm³/mol. The van der Waals surface area contributed by atoms with Crippen LogP contribution in [0.3, 0.4) is 0 Å². The maximum absolute atomic E-state index is 11.9. The zero-order valence-corrected chi connectivity index (χ0v) is 10.1. The van der Waals surface area contributed by atoms with Crippen molar-refractivity contribution in [3.05, 3.63) is 53.9 Å². The number of carbonyl (C=O) groups excluding carboxylic acids is 1. The van der Waals surface area contributed by atoms with Gasteiger partial charge in [-0.25, -0.2) is 0 Å². The molecule has 0 saturated carbocycles. The Morgan fingerprint density at radius 3 is 2.89 bits per heavy atom. The molecule has 0 amide bonds. The van der Waals surface area contributed by atoms with E-state index in [1.165, 1.54) is 12.1 Å². The highest BCUT2D eigenvalue weighted by atomic mass is 16.3. The lowest BCUT2D eigenvalue weighted by Gasteiger charge is -2.00. The Morgan fingerprint density at radius 1 is 1.39 bits per heavy atom. The van der Waals surface area contributed by atoms with Crippen LogP contribution in [-0.4, -0.2) is 20.7 Å². The van der Waals surface area contributed by atoms with Crippen LogP contribution in [0.1, 0.15) is 23.0 Å². The summed E-state index contributed by atoms with van der Waals surface area (Å²) in [5, 5.41) is 13.7. The normalized spacial score (nSPS) is 10.9. The molecule has 0 aliphatic carbocycles. The summed E-state index contributed by atoms with van der Waals surface area (Å²) in [5.41, 5.74) is 1.16. The van der Waals surface area contributed by atoms with Gasteiger partial charge in [-0.1, -0.05) is 12.1 Å². The molecule has 18 heavy (non-hydrogen) atoms. The third-order valence-electron chi connectivity index (χ3n) is 2.62. The smallest absolute Gasteiger partial charge is 0.189 e. The Bertz CT molecular complexity index is 585. The minimum absolute atomic E-state index is 0.00357. The van der Waals surface area contributed by atoms with Gasteiger partial charge in [0.15, 0.2) is 5.78 Å². The number of carbonyl (C=O) groups is 1. The molecule has 1 N–H and O–H groups in total. The minimum atomic E-state index is -0.225. The van der Waals surface area contributed by atoms with E-state index in [0.717, 1.165) is 12.2 Å². The number of aryl methyl sites for hydroxylation is 1. The van der Waals surface area contributed by atoms with E-state index < -0.39 is 0 Å². The molecule has 1 heterocycles. The number of benzene rings is 1. The van der Waals surface area contributed by atoms with Gasteiger partial charge in [-0.15, -0.1) is 0 Å². The monoisotopic (exact) mass is 242 g/mol. The summed E-state index contributed by atoms with van der Waals surface area (Å²) in [4.78, 5) is 11.9. The second kappa shape index (κ2) is 5.31. The highest BCUT2D eigenvalue weighted by Gasteiger charge is 2.06. The molecule has 4 nitrogen and oxygen atoms in total. The first kappa shape index (κ1) is 12.1. The Kier molecular flexibility index (Phi) is 3.57. The zero-order valence-electron chi connectivity index (χ0n) is 10.1. The lowest BCUT2D eigenvalue weighted by Crippen LogP contribution is -1.99. The van der Waals surface area contributed by atoms with Crippen molar-refractivity contribution >= 4 is 11.9 Å². The van der Waals surface area contributed by atoms with Gasteiger partial charge in [0.05, 0.1) is 11.3 Å². The van der Waals surface area contributed by atoms with Crippen molar-refractivity contribution in [2.45, 2.75) is 13.5 Å². The number of para-hydroxylation sites is 1. The van der Waals surface area contributed by atoms with Crippen LogP contribution >= 0.6 is 0 Å². The molecule has 1 aromatic carbocycles. The number of aromatic nitrogens is 2. The first-order chi connectivity index (χ1) is 8.72. The second-order valence-electron chi connectivity index (χ2n) is 3.79.